The van der Waals surface area contributed by atoms with E-state index >= 15 is 0 Å². The second-order valence-corrected chi connectivity index (χ2v) is 4.65. The maximum atomic E-state index is 6.14. The van der Waals surface area contributed by atoms with Crippen LogP contribution in [0.4, 0.5) is 0 Å². The highest BCUT2D eigenvalue weighted by Crippen LogP contribution is 2.17. The Bertz CT molecular complexity index is 269. The van der Waals surface area contributed by atoms with Crippen LogP contribution in [0.1, 0.15) is 24.3 Å². The standard InChI is InChI=1S/C12H20N2S/c1-3-7-14(8-4-2)10-11(13)12-6-5-9-15-12/h3,5-6,9,11H,1,4,7-8,10,13H2,2H3. The zero-order valence-corrected chi connectivity index (χ0v) is 10.2. The van der Waals surface area contributed by atoms with Crippen molar-refractivity contribution in [2.75, 3.05) is 19.6 Å². The van der Waals surface area contributed by atoms with Crippen LogP contribution in [0, 0.1) is 0 Å². The fourth-order valence-electron chi connectivity index (χ4n) is 1.63. The summed E-state index contributed by atoms with van der Waals surface area (Å²) in [7, 11) is 0. The van der Waals surface area contributed by atoms with E-state index in [4.69, 9.17) is 5.73 Å². The van der Waals surface area contributed by atoms with Crippen molar-refractivity contribution in [3.8, 4) is 0 Å². The van der Waals surface area contributed by atoms with Gasteiger partial charge in [0.1, 0.15) is 0 Å². The summed E-state index contributed by atoms with van der Waals surface area (Å²) in [5.41, 5.74) is 6.14. The Morgan fingerprint density at radius 3 is 3.00 bits per heavy atom. The van der Waals surface area contributed by atoms with Crippen LogP contribution < -0.4 is 5.73 Å². The van der Waals surface area contributed by atoms with Crippen LogP contribution in [-0.2, 0) is 0 Å². The molecule has 1 aromatic heterocycles. The van der Waals surface area contributed by atoms with Crippen LogP contribution in [-0.4, -0.2) is 24.5 Å². The molecule has 1 heterocycles. The number of nitrogens with two attached hydrogens (primary N) is 1. The predicted octanol–water partition coefficient (Wildman–Crippen LogP) is 2.65. The normalized spacial score (nSPS) is 13.0. The van der Waals surface area contributed by atoms with Gasteiger partial charge in [-0.25, -0.2) is 0 Å². The first-order chi connectivity index (χ1) is 7.27. The van der Waals surface area contributed by atoms with Gasteiger partial charge in [-0.3, -0.25) is 4.90 Å². The van der Waals surface area contributed by atoms with Gasteiger partial charge in [-0.2, -0.15) is 0 Å². The van der Waals surface area contributed by atoms with Gasteiger partial charge in [-0.05, 0) is 24.4 Å². The maximum Gasteiger partial charge on any atom is 0.0519 e. The molecule has 1 aromatic rings. The lowest BCUT2D eigenvalue weighted by molar-refractivity contribution is 0.285. The van der Waals surface area contributed by atoms with E-state index in [1.807, 2.05) is 6.08 Å². The summed E-state index contributed by atoms with van der Waals surface area (Å²) < 4.78 is 0. The lowest BCUT2D eigenvalue weighted by Crippen LogP contribution is -2.32. The van der Waals surface area contributed by atoms with Crippen LogP contribution >= 0.6 is 11.3 Å². The summed E-state index contributed by atoms with van der Waals surface area (Å²) in [6.07, 6.45) is 3.10. The molecule has 0 amide bonds. The number of rotatable bonds is 7. The van der Waals surface area contributed by atoms with Crippen molar-refractivity contribution in [1.82, 2.24) is 4.90 Å². The number of thiophene rings is 1. The molecule has 2 nitrogen and oxygen atoms in total. The topological polar surface area (TPSA) is 29.3 Å². The van der Waals surface area contributed by atoms with Gasteiger partial charge in [0.2, 0.25) is 0 Å². The minimum absolute atomic E-state index is 0.136. The van der Waals surface area contributed by atoms with Gasteiger partial charge < -0.3 is 5.73 Å². The van der Waals surface area contributed by atoms with Crippen LogP contribution in [0.25, 0.3) is 0 Å². The quantitative estimate of drug-likeness (QED) is 0.721. The zero-order chi connectivity index (χ0) is 11.1. The van der Waals surface area contributed by atoms with Crippen molar-refractivity contribution in [2.24, 2.45) is 5.73 Å². The van der Waals surface area contributed by atoms with Crippen LogP contribution in [0.2, 0.25) is 0 Å². The Morgan fingerprint density at radius 1 is 1.67 bits per heavy atom. The molecule has 0 saturated carbocycles. The van der Waals surface area contributed by atoms with E-state index in [2.05, 4.69) is 35.9 Å². The summed E-state index contributed by atoms with van der Waals surface area (Å²) in [6, 6.07) is 4.29. The Kier molecular flexibility index (Phi) is 5.61. The first kappa shape index (κ1) is 12.4. The highest BCUT2D eigenvalue weighted by atomic mass is 32.1. The Labute approximate surface area is 96.4 Å². The molecule has 2 N–H and O–H groups in total. The predicted molar refractivity (Wildman–Crippen MR) is 68.2 cm³/mol. The van der Waals surface area contributed by atoms with Gasteiger partial charge in [0.25, 0.3) is 0 Å². The zero-order valence-electron chi connectivity index (χ0n) is 9.36. The summed E-state index contributed by atoms with van der Waals surface area (Å²) >= 11 is 1.73. The average Bonchev–Trinajstić information content (AvgIpc) is 2.71. The summed E-state index contributed by atoms with van der Waals surface area (Å²) in [6.45, 7) is 8.89. The molecule has 1 rings (SSSR count). The van der Waals surface area contributed by atoms with Gasteiger partial charge in [-0.15, -0.1) is 17.9 Å². The first-order valence-electron chi connectivity index (χ1n) is 5.40. The first-order valence-corrected chi connectivity index (χ1v) is 6.28. The molecule has 0 fully saturated rings. The second kappa shape index (κ2) is 6.77. The maximum absolute atomic E-state index is 6.14. The molecular weight excluding hydrogens is 204 g/mol. The van der Waals surface area contributed by atoms with Crippen molar-refractivity contribution in [3.63, 3.8) is 0 Å². The largest absolute Gasteiger partial charge is 0.322 e. The molecule has 0 radical (unpaired) electrons. The smallest absolute Gasteiger partial charge is 0.0519 e. The SMILES string of the molecule is C=CCN(CCC)CC(N)c1cccs1. The van der Waals surface area contributed by atoms with Gasteiger partial charge >= 0.3 is 0 Å². The van der Waals surface area contributed by atoms with Crippen LogP contribution in [0.5, 0.6) is 0 Å². The van der Waals surface area contributed by atoms with E-state index in [1.54, 1.807) is 11.3 Å². The van der Waals surface area contributed by atoms with Crippen LogP contribution in [0.15, 0.2) is 30.2 Å². The number of nitrogens with zero attached hydrogens (tertiary/aromatic N) is 1. The molecule has 1 unspecified atom stereocenters. The third-order valence-corrected chi connectivity index (χ3v) is 3.29. The van der Waals surface area contributed by atoms with Crippen molar-refractivity contribution in [1.29, 1.82) is 0 Å². The fourth-order valence-corrected chi connectivity index (χ4v) is 2.35. The highest BCUT2D eigenvalue weighted by molar-refractivity contribution is 7.10. The van der Waals surface area contributed by atoms with E-state index in [-0.39, 0.29) is 6.04 Å². The molecule has 0 bridgehead atoms. The molecule has 3 heteroatoms. The van der Waals surface area contributed by atoms with Gasteiger partial charge in [0.15, 0.2) is 0 Å². The molecule has 0 saturated heterocycles. The molecule has 15 heavy (non-hydrogen) atoms. The van der Waals surface area contributed by atoms with E-state index in [0.29, 0.717) is 0 Å². The molecule has 0 aliphatic carbocycles. The third kappa shape index (κ3) is 4.16. The molecule has 0 aromatic carbocycles. The van der Waals surface area contributed by atoms with Crippen molar-refractivity contribution in [3.05, 3.63) is 35.0 Å². The Hall–Kier alpha value is -0.640. The van der Waals surface area contributed by atoms with Gasteiger partial charge in [0, 0.05) is 18.0 Å². The molecular formula is C12H20N2S. The lowest BCUT2D eigenvalue weighted by Gasteiger charge is -2.23. The van der Waals surface area contributed by atoms with Gasteiger partial charge in [0.05, 0.1) is 6.04 Å². The number of hydrogen-bond donors (Lipinski definition) is 1. The summed E-state index contributed by atoms with van der Waals surface area (Å²) in [5.74, 6) is 0. The van der Waals surface area contributed by atoms with E-state index in [0.717, 1.165) is 26.1 Å². The second-order valence-electron chi connectivity index (χ2n) is 3.67. The van der Waals surface area contributed by atoms with Crippen LogP contribution in [0.3, 0.4) is 0 Å². The Balaban J connectivity index is 2.46. The highest BCUT2D eigenvalue weighted by Gasteiger charge is 2.11. The molecule has 1 atom stereocenters. The van der Waals surface area contributed by atoms with Gasteiger partial charge in [-0.1, -0.05) is 19.1 Å². The van der Waals surface area contributed by atoms with Crippen molar-refractivity contribution < 1.29 is 0 Å². The average molecular weight is 224 g/mol. The summed E-state index contributed by atoms with van der Waals surface area (Å²) in [5, 5.41) is 2.08. The van der Waals surface area contributed by atoms with E-state index < -0.39 is 0 Å². The summed E-state index contributed by atoms with van der Waals surface area (Å²) in [4.78, 5) is 3.61. The minimum Gasteiger partial charge on any atom is -0.322 e. The van der Waals surface area contributed by atoms with Crippen molar-refractivity contribution >= 4 is 11.3 Å². The van der Waals surface area contributed by atoms with E-state index in [9.17, 15) is 0 Å². The monoisotopic (exact) mass is 224 g/mol. The fraction of sp³-hybridized carbons (Fsp3) is 0.500. The molecule has 84 valence electrons. The molecule has 0 aliphatic heterocycles. The van der Waals surface area contributed by atoms with Crippen molar-refractivity contribution in [2.45, 2.75) is 19.4 Å². The minimum atomic E-state index is 0.136. The Morgan fingerprint density at radius 2 is 2.47 bits per heavy atom. The molecule has 0 aliphatic rings. The van der Waals surface area contributed by atoms with E-state index in [1.165, 1.54) is 4.88 Å². The number of hydrogen-bond acceptors (Lipinski definition) is 3. The third-order valence-electron chi connectivity index (χ3n) is 2.29. The molecule has 0 spiro atoms. The lowest BCUT2D eigenvalue weighted by atomic mass is 10.2.